The topological polar surface area (TPSA) is 50.6 Å². The van der Waals surface area contributed by atoms with Crippen LogP contribution < -0.4 is 4.74 Å². The number of thioether (sulfide) groups is 1. The minimum absolute atomic E-state index is 0.0776. The van der Waals surface area contributed by atoms with Crippen LogP contribution in [0.5, 0.6) is 11.6 Å². The summed E-state index contributed by atoms with van der Waals surface area (Å²) in [5.74, 6) is 1.67. The quantitative estimate of drug-likeness (QED) is 0.225. The summed E-state index contributed by atoms with van der Waals surface area (Å²) in [6.45, 7) is 8.78. The van der Waals surface area contributed by atoms with E-state index in [1.165, 1.54) is 17.8 Å². The summed E-state index contributed by atoms with van der Waals surface area (Å²) in [5, 5.41) is 0.561. The van der Waals surface area contributed by atoms with E-state index in [9.17, 15) is 8.78 Å². The minimum Gasteiger partial charge on any atom is -0.438 e. The van der Waals surface area contributed by atoms with Crippen LogP contribution in [-0.4, -0.2) is 40.6 Å². The monoisotopic (exact) mass is 408 g/mol. The first kappa shape index (κ1) is 22.1. The molecule has 28 heavy (non-hydrogen) atoms. The van der Waals surface area contributed by atoms with E-state index in [0.717, 1.165) is 17.9 Å². The largest absolute Gasteiger partial charge is 0.438 e. The van der Waals surface area contributed by atoms with Gasteiger partial charge in [0.1, 0.15) is 5.75 Å². The van der Waals surface area contributed by atoms with E-state index >= 15 is 0 Å². The van der Waals surface area contributed by atoms with Crippen molar-refractivity contribution in [3.63, 3.8) is 0 Å². The van der Waals surface area contributed by atoms with Crippen molar-refractivity contribution in [3.05, 3.63) is 35.5 Å². The van der Waals surface area contributed by atoms with Gasteiger partial charge in [0.15, 0.2) is 5.16 Å². The van der Waals surface area contributed by atoms with Gasteiger partial charge in [0.2, 0.25) is 5.88 Å². The van der Waals surface area contributed by atoms with Gasteiger partial charge in [0.25, 0.3) is 6.43 Å². The van der Waals surface area contributed by atoms with Crippen LogP contribution in [0.3, 0.4) is 0 Å². The summed E-state index contributed by atoms with van der Waals surface area (Å²) in [6, 6.07) is 4.50. The Morgan fingerprint density at radius 3 is 2.71 bits per heavy atom. The smallest absolute Gasteiger partial charge is 0.267 e. The molecule has 0 N–H and O–H groups in total. The Bertz CT molecular complexity index is 815. The van der Waals surface area contributed by atoms with E-state index < -0.39 is 6.43 Å². The van der Waals surface area contributed by atoms with Gasteiger partial charge in [-0.2, -0.15) is 4.98 Å². The number of aliphatic imine (C=N–C) groups is 1. The Hall–Kier alpha value is -2.22. The van der Waals surface area contributed by atoms with Crippen LogP contribution in [0.2, 0.25) is 0 Å². The molecular weight excluding hydrogens is 382 g/mol. The van der Waals surface area contributed by atoms with Gasteiger partial charge in [-0.3, -0.25) is 0 Å². The summed E-state index contributed by atoms with van der Waals surface area (Å²) in [5.41, 5.74) is 1.01. The average molecular weight is 409 g/mol. The number of aryl methyl sites for hydroxylation is 1. The SMILES string of the molecule is CCN(C)C=Nc1cc(C(F)F)c(Oc2ccnc(SCC(C)C)n2)cc1C. The van der Waals surface area contributed by atoms with Crippen molar-refractivity contribution in [1.29, 1.82) is 0 Å². The Balaban J connectivity index is 2.29. The van der Waals surface area contributed by atoms with Crippen LogP contribution in [0.15, 0.2) is 34.5 Å². The third kappa shape index (κ3) is 6.44. The third-order valence-corrected chi connectivity index (χ3v) is 5.11. The van der Waals surface area contributed by atoms with Crippen molar-refractivity contribution < 1.29 is 13.5 Å². The molecule has 0 saturated heterocycles. The van der Waals surface area contributed by atoms with E-state index in [2.05, 4.69) is 28.8 Å². The Labute approximate surface area is 169 Å². The first-order valence-electron chi connectivity index (χ1n) is 9.11. The van der Waals surface area contributed by atoms with Crippen molar-refractivity contribution in [1.82, 2.24) is 14.9 Å². The summed E-state index contributed by atoms with van der Waals surface area (Å²) >= 11 is 1.51. The normalized spacial score (nSPS) is 11.6. The summed E-state index contributed by atoms with van der Waals surface area (Å²) in [7, 11) is 1.87. The Morgan fingerprint density at radius 2 is 2.07 bits per heavy atom. The molecule has 0 aliphatic carbocycles. The first-order chi connectivity index (χ1) is 13.3. The number of ether oxygens (including phenoxy) is 1. The predicted octanol–water partition coefficient (Wildman–Crippen LogP) is 5.87. The van der Waals surface area contributed by atoms with Crippen LogP contribution in [0, 0.1) is 12.8 Å². The zero-order valence-electron chi connectivity index (χ0n) is 16.8. The number of rotatable bonds is 9. The molecule has 0 amide bonds. The standard InChI is InChI=1S/C20H26F2N4OS/c1-6-26(5)12-24-16-10-15(19(21)22)17(9-14(16)4)27-18-7-8-23-20(25-18)28-11-13(2)3/h7-10,12-13,19H,6,11H2,1-5H3. The molecule has 0 bridgehead atoms. The second-order valence-corrected chi connectivity index (χ2v) is 7.77. The van der Waals surface area contributed by atoms with E-state index in [-0.39, 0.29) is 17.2 Å². The maximum Gasteiger partial charge on any atom is 0.267 e. The lowest BCUT2D eigenvalue weighted by Gasteiger charge is -2.14. The molecule has 0 aliphatic heterocycles. The highest BCUT2D eigenvalue weighted by molar-refractivity contribution is 7.99. The molecule has 2 aromatic rings. The highest BCUT2D eigenvalue weighted by Gasteiger charge is 2.18. The van der Waals surface area contributed by atoms with E-state index in [1.54, 1.807) is 24.7 Å². The zero-order valence-corrected chi connectivity index (χ0v) is 17.6. The third-order valence-electron chi connectivity index (χ3n) is 3.82. The van der Waals surface area contributed by atoms with Crippen LogP contribution in [0.1, 0.15) is 38.3 Å². The van der Waals surface area contributed by atoms with Gasteiger partial charge in [-0.05, 0) is 37.5 Å². The van der Waals surface area contributed by atoms with Gasteiger partial charge in [-0.1, -0.05) is 25.6 Å². The molecule has 0 radical (unpaired) electrons. The number of nitrogens with zero attached hydrogens (tertiary/aromatic N) is 4. The maximum absolute atomic E-state index is 13.6. The second-order valence-electron chi connectivity index (χ2n) is 6.78. The molecule has 0 fully saturated rings. The van der Waals surface area contributed by atoms with E-state index in [0.29, 0.717) is 16.8 Å². The summed E-state index contributed by atoms with van der Waals surface area (Å²) in [4.78, 5) is 14.7. The molecule has 152 valence electrons. The number of benzene rings is 1. The van der Waals surface area contributed by atoms with Gasteiger partial charge in [-0.15, -0.1) is 0 Å². The molecule has 0 aliphatic rings. The van der Waals surface area contributed by atoms with Crippen molar-refractivity contribution >= 4 is 23.8 Å². The molecular formula is C20H26F2N4OS. The van der Waals surface area contributed by atoms with Crippen LogP contribution in [0.25, 0.3) is 0 Å². The van der Waals surface area contributed by atoms with E-state index in [4.69, 9.17) is 4.74 Å². The molecule has 0 spiro atoms. The average Bonchev–Trinajstić information content (AvgIpc) is 2.65. The fourth-order valence-corrected chi connectivity index (χ4v) is 2.90. The molecule has 5 nitrogen and oxygen atoms in total. The highest BCUT2D eigenvalue weighted by atomic mass is 32.2. The van der Waals surface area contributed by atoms with Crippen molar-refractivity contribution in [2.24, 2.45) is 10.9 Å². The molecule has 1 heterocycles. The van der Waals surface area contributed by atoms with Gasteiger partial charge in [0, 0.05) is 31.6 Å². The number of halogens is 2. The van der Waals surface area contributed by atoms with Crippen LogP contribution in [-0.2, 0) is 0 Å². The molecule has 0 saturated carbocycles. The van der Waals surface area contributed by atoms with Crippen LogP contribution >= 0.6 is 11.8 Å². The highest BCUT2D eigenvalue weighted by Crippen LogP contribution is 2.37. The molecule has 0 unspecified atom stereocenters. The van der Waals surface area contributed by atoms with Gasteiger partial charge in [0.05, 0.1) is 17.6 Å². The molecule has 1 aromatic heterocycles. The Morgan fingerprint density at radius 1 is 1.32 bits per heavy atom. The number of alkyl halides is 2. The van der Waals surface area contributed by atoms with Crippen LogP contribution in [0.4, 0.5) is 14.5 Å². The van der Waals surface area contributed by atoms with E-state index in [1.807, 2.05) is 25.8 Å². The maximum atomic E-state index is 13.6. The van der Waals surface area contributed by atoms with Gasteiger partial charge >= 0.3 is 0 Å². The molecule has 8 heteroatoms. The molecule has 0 atom stereocenters. The lowest BCUT2D eigenvalue weighted by molar-refractivity contribution is 0.148. The number of hydrogen-bond acceptors (Lipinski definition) is 5. The van der Waals surface area contributed by atoms with Gasteiger partial charge < -0.3 is 9.64 Å². The lowest BCUT2D eigenvalue weighted by Crippen LogP contribution is -2.14. The fraction of sp³-hybridized carbons (Fsp3) is 0.450. The summed E-state index contributed by atoms with van der Waals surface area (Å²) < 4.78 is 32.9. The minimum atomic E-state index is -2.69. The van der Waals surface area contributed by atoms with Crippen molar-refractivity contribution in [2.75, 3.05) is 19.3 Å². The van der Waals surface area contributed by atoms with Crippen molar-refractivity contribution in [3.8, 4) is 11.6 Å². The number of aromatic nitrogens is 2. The Kier molecular flexibility index (Phi) is 8.17. The molecule has 2 rings (SSSR count). The van der Waals surface area contributed by atoms with Crippen molar-refractivity contribution in [2.45, 2.75) is 39.3 Å². The van der Waals surface area contributed by atoms with Gasteiger partial charge in [-0.25, -0.2) is 18.8 Å². The molecule has 1 aromatic carbocycles. The zero-order chi connectivity index (χ0) is 20.7. The predicted molar refractivity (Wildman–Crippen MR) is 110 cm³/mol. The lowest BCUT2D eigenvalue weighted by atomic mass is 10.1. The second kappa shape index (κ2) is 10.4. The fourth-order valence-electron chi connectivity index (χ4n) is 2.13. The number of hydrogen-bond donors (Lipinski definition) is 0. The first-order valence-corrected chi connectivity index (χ1v) is 10.1. The summed E-state index contributed by atoms with van der Waals surface area (Å²) in [6.07, 6.45) is 0.505.